The third-order valence-corrected chi connectivity index (χ3v) is 7.72. The molecule has 2 aromatic carbocycles. The maximum atomic E-state index is 13.3. The summed E-state index contributed by atoms with van der Waals surface area (Å²) in [4.78, 5) is 21.7. The SMILES string of the molecule is C=C(NC)c1cc(CC(=O)N2CCN(C(=C)c3ccc(C(=N)N)cc3)CC2)cc(CN2CCN(C(=N)N)CC2)c1. The zero-order valence-corrected chi connectivity index (χ0v) is 23.4. The van der Waals surface area contributed by atoms with Crippen molar-refractivity contribution < 1.29 is 4.79 Å². The zero-order valence-electron chi connectivity index (χ0n) is 23.4. The first kappa shape index (κ1) is 28.7. The Morgan fingerprint density at radius 1 is 0.800 bits per heavy atom. The Morgan fingerprint density at radius 2 is 1.35 bits per heavy atom. The van der Waals surface area contributed by atoms with Gasteiger partial charge in [0.15, 0.2) is 5.96 Å². The standard InChI is InChI=1S/C30H41N9O/c1-21(35-3)27-17-23(16-24(18-27)20-36-8-10-39(11-9-36)30(33)34)19-28(40)38-14-12-37(13-15-38)22(2)25-4-6-26(7-5-25)29(31)32/h4-7,16-18,35H,1-2,8-15,19-20H2,3H3,(H3,31,32)(H3,33,34). The second kappa shape index (κ2) is 12.7. The topological polar surface area (TPSA) is 142 Å². The summed E-state index contributed by atoms with van der Waals surface area (Å²) in [5.74, 6) is 0.287. The van der Waals surface area contributed by atoms with Crippen molar-refractivity contribution in [3.8, 4) is 0 Å². The highest BCUT2D eigenvalue weighted by atomic mass is 16.2. The number of hydrogen-bond acceptors (Lipinski definition) is 6. The van der Waals surface area contributed by atoms with Crippen LogP contribution in [0, 0.1) is 10.8 Å². The predicted octanol–water partition coefficient (Wildman–Crippen LogP) is 1.53. The molecule has 40 heavy (non-hydrogen) atoms. The molecule has 0 bridgehead atoms. The Morgan fingerprint density at radius 3 is 1.93 bits per heavy atom. The fourth-order valence-electron chi connectivity index (χ4n) is 5.22. The Labute approximate surface area is 236 Å². The molecule has 10 nitrogen and oxygen atoms in total. The van der Waals surface area contributed by atoms with Crippen LogP contribution < -0.4 is 16.8 Å². The third-order valence-electron chi connectivity index (χ3n) is 7.72. The van der Waals surface area contributed by atoms with Crippen molar-refractivity contribution >= 4 is 29.1 Å². The first-order valence-corrected chi connectivity index (χ1v) is 13.6. The molecule has 0 aliphatic carbocycles. The monoisotopic (exact) mass is 543 g/mol. The van der Waals surface area contributed by atoms with Crippen molar-refractivity contribution in [1.29, 1.82) is 10.8 Å². The number of amidine groups is 1. The molecule has 2 heterocycles. The minimum Gasteiger partial charge on any atom is -0.388 e. The molecule has 2 aliphatic rings. The highest BCUT2D eigenvalue weighted by molar-refractivity contribution is 5.95. The lowest BCUT2D eigenvalue weighted by molar-refractivity contribution is -0.131. The Hall–Kier alpha value is -4.31. The van der Waals surface area contributed by atoms with Crippen molar-refractivity contribution in [2.45, 2.75) is 13.0 Å². The third kappa shape index (κ3) is 7.01. The number of carbonyl (C=O) groups excluding carboxylic acids is 1. The fourth-order valence-corrected chi connectivity index (χ4v) is 5.22. The molecule has 0 saturated carbocycles. The van der Waals surface area contributed by atoms with E-state index in [1.807, 2.05) is 41.1 Å². The van der Waals surface area contributed by atoms with Crippen molar-refractivity contribution in [2.75, 3.05) is 59.4 Å². The van der Waals surface area contributed by atoms with Gasteiger partial charge in [-0.2, -0.15) is 0 Å². The van der Waals surface area contributed by atoms with Crippen molar-refractivity contribution in [3.05, 3.63) is 83.4 Å². The van der Waals surface area contributed by atoms with E-state index in [-0.39, 0.29) is 17.7 Å². The Bertz CT molecular complexity index is 1270. The maximum absolute atomic E-state index is 13.3. The van der Waals surface area contributed by atoms with Gasteiger partial charge >= 0.3 is 0 Å². The molecule has 2 fully saturated rings. The molecule has 0 radical (unpaired) electrons. The number of nitrogens with two attached hydrogens (primary N) is 2. The second-order valence-corrected chi connectivity index (χ2v) is 10.4. The predicted molar refractivity (Wildman–Crippen MR) is 162 cm³/mol. The molecule has 0 unspecified atom stereocenters. The number of amides is 1. The van der Waals surface area contributed by atoms with Gasteiger partial charge in [0.05, 0.1) is 6.42 Å². The summed E-state index contributed by atoms with van der Waals surface area (Å²) >= 11 is 0. The van der Waals surface area contributed by atoms with Crippen LogP contribution in [-0.4, -0.2) is 96.7 Å². The van der Waals surface area contributed by atoms with Gasteiger partial charge in [-0.3, -0.25) is 20.5 Å². The number of carbonyl (C=O) groups is 1. The zero-order chi connectivity index (χ0) is 28.8. The van der Waals surface area contributed by atoms with Gasteiger partial charge < -0.3 is 31.5 Å². The molecule has 4 rings (SSSR count). The molecular formula is C30H41N9O. The molecule has 0 atom stereocenters. The quantitative estimate of drug-likeness (QED) is 0.239. The maximum Gasteiger partial charge on any atom is 0.227 e. The van der Waals surface area contributed by atoms with Crippen molar-refractivity contribution in [1.82, 2.24) is 24.9 Å². The van der Waals surface area contributed by atoms with Gasteiger partial charge in [-0.15, -0.1) is 0 Å². The number of rotatable bonds is 9. The molecular weight excluding hydrogens is 502 g/mol. The number of piperazine rings is 2. The summed E-state index contributed by atoms with van der Waals surface area (Å²) in [6.07, 6.45) is 0.337. The lowest BCUT2D eigenvalue weighted by Gasteiger charge is -2.37. The largest absolute Gasteiger partial charge is 0.388 e. The van der Waals surface area contributed by atoms with Crippen LogP contribution in [0.15, 0.2) is 55.6 Å². The van der Waals surface area contributed by atoms with Gasteiger partial charge in [-0.05, 0) is 34.4 Å². The van der Waals surface area contributed by atoms with E-state index in [0.717, 1.165) is 66.4 Å². The van der Waals surface area contributed by atoms with Crippen LogP contribution in [0.5, 0.6) is 0 Å². The molecule has 0 spiro atoms. The van der Waals surface area contributed by atoms with Crippen LogP contribution in [0.4, 0.5) is 0 Å². The lowest BCUT2D eigenvalue weighted by atomic mass is 10.0. The van der Waals surface area contributed by atoms with E-state index in [9.17, 15) is 4.79 Å². The normalized spacial score (nSPS) is 16.0. The first-order chi connectivity index (χ1) is 19.1. The van der Waals surface area contributed by atoms with E-state index >= 15 is 0 Å². The summed E-state index contributed by atoms with van der Waals surface area (Å²) in [6, 6.07) is 13.9. The van der Waals surface area contributed by atoms with E-state index < -0.39 is 0 Å². The van der Waals surface area contributed by atoms with Crippen LogP contribution in [0.3, 0.4) is 0 Å². The average molecular weight is 544 g/mol. The molecule has 7 N–H and O–H groups in total. The van der Waals surface area contributed by atoms with Gasteiger partial charge in [-0.1, -0.05) is 43.5 Å². The van der Waals surface area contributed by atoms with Crippen molar-refractivity contribution in [2.24, 2.45) is 11.5 Å². The van der Waals surface area contributed by atoms with Crippen LogP contribution in [-0.2, 0) is 17.8 Å². The van der Waals surface area contributed by atoms with Gasteiger partial charge in [0.1, 0.15) is 5.84 Å². The average Bonchev–Trinajstić information content (AvgIpc) is 2.96. The lowest BCUT2D eigenvalue weighted by Crippen LogP contribution is -2.50. The number of benzene rings is 2. The number of nitrogens with one attached hydrogen (secondary N) is 3. The van der Waals surface area contributed by atoms with Crippen LogP contribution in [0.2, 0.25) is 0 Å². The summed E-state index contributed by atoms with van der Waals surface area (Å²) in [6.45, 7) is 15.0. The number of nitrogens with zero attached hydrogens (tertiary/aromatic N) is 4. The van der Waals surface area contributed by atoms with E-state index in [0.29, 0.717) is 38.2 Å². The summed E-state index contributed by atoms with van der Waals surface area (Å²) in [5, 5.41) is 18.4. The van der Waals surface area contributed by atoms with Crippen LogP contribution in [0.25, 0.3) is 11.4 Å². The van der Waals surface area contributed by atoms with E-state index in [1.54, 1.807) is 0 Å². The van der Waals surface area contributed by atoms with Crippen LogP contribution >= 0.6 is 0 Å². The molecule has 1 amide bonds. The van der Waals surface area contributed by atoms with Gasteiger partial charge in [-0.25, -0.2) is 0 Å². The van der Waals surface area contributed by atoms with E-state index in [4.69, 9.17) is 22.3 Å². The minimum absolute atomic E-state index is 0.0460. The highest BCUT2D eigenvalue weighted by Gasteiger charge is 2.23. The molecule has 212 valence electrons. The van der Waals surface area contributed by atoms with E-state index in [2.05, 4.69) is 46.5 Å². The summed E-state index contributed by atoms with van der Waals surface area (Å²) in [7, 11) is 1.85. The fraction of sp³-hybridized carbons (Fsp3) is 0.367. The van der Waals surface area contributed by atoms with Gasteiger partial charge in [0.25, 0.3) is 0 Å². The first-order valence-electron chi connectivity index (χ1n) is 13.6. The molecule has 10 heteroatoms. The van der Waals surface area contributed by atoms with Crippen LogP contribution in [0.1, 0.15) is 27.8 Å². The smallest absolute Gasteiger partial charge is 0.227 e. The minimum atomic E-state index is 0.0460. The Kier molecular flexibility index (Phi) is 9.11. The molecule has 2 aromatic rings. The van der Waals surface area contributed by atoms with E-state index in [1.165, 1.54) is 0 Å². The Balaban J connectivity index is 1.37. The summed E-state index contributed by atoms with van der Waals surface area (Å²) < 4.78 is 0. The van der Waals surface area contributed by atoms with Gasteiger partial charge in [0, 0.05) is 82.9 Å². The number of hydrogen-bond donors (Lipinski definition) is 5. The van der Waals surface area contributed by atoms with Gasteiger partial charge in [0.2, 0.25) is 5.91 Å². The molecule has 0 aromatic heterocycles. The summed E-state index contributed by atoms with van der Waals surface area (Å²) in [5.41, 5.74) is 17.7. The highest BCUT2D eigenvalue weighted by Crippen LogP contribution is 2.22. The number of nitrogen functional groups attached to an aromatic ring is 1. The van der Waals surface area contributed by atoms with Crippen molar-refractivity contribution in [3.63, 3.8) is 0 Å². The molecule has 2 saturated heterocycles. The number of guanidine groups is 1. The second-order valence-electron chi connectivity index (χ2n) is 10.4. The molecule has 2 aliphatic heterocycles.